The highest BCUT2D eigenvalue weighted by molar-refractivity contribution is 5.98. The van der Waals surface area contributed by atoms with Crippen LogP contribution in [0.3, 0.4) is 0 Å². The zero-order valence-electron chi connectivity index (χ0n) is 33.0. The van der Waals surface area contributed by atoms with Gasteiger partial charge in [0.05, 0.1) is 0 Å². The number of nitrogens with zero attached hydrogens (tertiary/aromatic N) is 10. The van der Waals surface area contributed by atoms with Gasteiger partial charge in [0.15, 0.2) is 11.6 Å². The van der Waals surface area contributed by atoms with Crippen molar-refractivity contribution in [2.75, 3.05) is 33.5 Å². The number of anilines is 4. The Hall–Kier alpha value is -6.70. The molecule has 14 heteroatoms. The molecule has 2 fully saturated rings. The molecule has 58 heavy (non-hydrogen) atoms. The zero-order chi connectivity index (χ0) is 40.2. The van der Waals surface area contributed by atoms with Crippen molar-refractivity contribution in [1.29, 1.82) is 0 Å². The van der Waals surface area contributed by atoms with Crippen LogP contribution in [0, 0.1) is 25.7 Å². The SMILES string of the molecule is Cc1ccc(NC(=O)[C@H]2CC[C@@H](C)CN2c2ncc(C3C[C@@H](C(=O)Nc4ccc(C)c(-c5ncccn5)c4)N(c4ncccn4)C[C@H]3C)cn2)cc1-c1ncccn1. The topological polar surface area (TPSA) is 168 Å². The number of benzene rings is 2. The third kappa shape index (κ3) is 8.22. The second kappa shape index (κ2) is 16.8. The van der Waals surface area contributed by atoms with Crippen LogP contribution in [0.4, 0.5) is 23.3 Å². The molecule has 2 amide bonds. The Bertz CT molecular complexity index is 2370. The third-order valence-electron chi connectivity index (χ3n) is 11.2. The first-order chi connectivity index (χ1) is 28.2. The quantitative estimate of drug-likeness (QED) is 0.160. The van der Waals surface area contributed by atoms with Gasteiger partial charge >= 0.3 is 0 Å². The maximum absolute atomic E-state index is 14.3. The molecule has 2 saturated heterocycles. The first-order valence-corrected chi connectivity index (χ1v) is 19.7. The Morgan fingerprint density at radius 3 is 1.64 bits per heavy atom. The first kappa shape index (κ1) is 38.2. The molecular formula is C44H46N12O2. The summed E-state index contributed by atoms with van der Waals surface area (Å²) in [6.45, 7) is 9.56. The van der Waals surface area contributed by atoms with Gasteiger partial charge in [0.25, 0.3) is 0 Å². The summed E-state index contributed by atoms with van der Waals surface area (Å²) in [6, 6.07) is 15.9. The molecule has 4 aromatic heterocycles. The number of hydrogen-bond acceptors (Lipinski definition) is 12. The van der Waals surface area contributed by atoms with Gasteiger partial charge < -0.3 is 20.4 Å². The number of hydrogen-bond donors (Lipinski definition) is 2. The molecule has 6 aromatic rings. The van der Waals surface area contributed by atoms with Gasteiger partial charge in [-0.15, -0.1) is 0 Å². The van der Waals surface area contributed by atoms with E-state index >= 15 is 0 Å². The van der Waals surface area contributed by atoms with Crippen LogP contribution < -0.4 is 20.4 Å². The monoisotopic (exact) mass is 774 g/mol. The van der Waals surface area contributed by atoms with Crippen LogP contribution in [-0.4, -0.2) is 76.9 Å². The van der Waals surface area contributed by atoms with Gasteiger partial charge in [0.2, 0.25) is 23.7 Å². The van der Waals surface area contributed by atoms with E-state index in [1.165, 1.54) is 0 Å². The van der Waals surface area contributed by atoms with E-state index in [-0.39, 0.29) is 23.7 Å². The molecule has 2 N–H and O–H groups in total. The van der Waals surface area contributed by atoms with E-state index in [1.807, 2.05) is 72.4 Å². The lowest BCUT2D eigenvalue weighted by atomic mass is 9.79. The Labute approximate surface area is 337 Å². The van der Waals surface area contributed by atoms with E-state index in [9.17, 15) is 9.59 Å². The first-order valence-electron chi connectivity index (χ1n) is 19.7. The van der Waals surface area contributed by atoms with Gasteiger partial charge in [0, 0.05) is 85.2 Å². The Balaban J connectivity index is 1.01. The minimum Gasteiger partial charge on any atom is -0.329 e. The van der Waals surface area contributed by atoms with Crippen molar-refractivity contribution in [3.8, 4) is 22.8 Å². The molecule has 6 heterocycles. The fourth-order valence-corrected chi connectivity index (χ4v) is 8.06. The number of carbonyl (C=O) groups is 2. The highest BCUT2D eigenvalue weighted by Crippen LogP contribution is 2.38. The smallest absolute Gasteiger partial charge is 0.247 e. The van der Waals surface area contributed by atoms with E-state index in [1.54, 1.807) is 55.4 Å². The molecule has 14 nitrogen and oxygen atoms in total. The predicted molar refractivity (Wildman–Crippen MR) is 223 cm³/mol. The molecule has 294 valence electrons. The fourth-order valence-electron chi connectivity index (χ4n) is 8.06. The van der Waals surface area contributed by atoms with Gasteiger partial charge in [-0.1, -0.05) is 26.0 Å². The minimum absolute atomic E-state index is 0.0280. The molecule has 0 bridgehead atoms. The largest absolute Gasteiger partial charge is 0.329 e. The van der Waals surface area contributed by atoms with Crippen molar-refractivity contribution in [2.24, 2.45) is 11.8 Å². The lowest BCUT2D eigenvalue weighted by Crippen LogP contribution is -2.52. The van der Waals surface area contributed by atoms with Gasteiger partial charge in [-0.25, -0.2) is 39.9 Å². The number of rotatable bonds is 9. The number of aryl methyl sites for hydroxylation is 2. The van der Waals surface area contributed by atoms with Crippen molar-refractivity contribution >= 4 is 35.1 Å². The highest BCUT2D eigenvalue weighted by atomic mass is 16.2. The van der Waals surface area contributed by atoms with E-state index in [0.717, 1.165) is 34.2 Å². The maximum atomic E-state index is 14.3. The molecular weight excluding hydrogens is 729 g/mol. The summed E-state index contributed by atoms with van der Waals surface area (Å²) in [5.74, 6) is 2.39. The number of amides is 2. The second-order valence-electron chi connectivity index (χ2n) is 15.4. The summed E-state index contributed by atoms with van der Waals surface area (Å²) in [4.78, 5) is 68.7. The molecule has 5 atom stereocenters. The molecule has 2 aliphatic heterocycles. The average molecular weight is 775 g/mol. The summed E-state index contributed by atoms with van der Waals surface area (Å²) in [7, 11) is 0. The summed E-state index contributed by atoms with van der Waals surface area (Å²) >= 11 is 0. The molecule has 0 spiro atoms. The number of aromatic nitrogens is 8. The summed E-state index contributed by atoms with van der Waals surface area (Å²) in [5, 5.41) is 6.31. The predicted octanol–water partition coefficient (Wildman–Crippen LogP) is 6.68. The third-order valence-corrected chi connectivity index (χ3v) is 11.2. The summed E-state index contributed by atoms with van der Waals surface area (Å²) < 4.78 is 0. The van der Waals surface area contributed by atoms with Gasteiger partial charge in [-0.2, -0.15) is 0 Å². The Morgan fingerprint density at radius 2 is 1.09 bits per heavy atom. The van der Waals surface area contributed by atoms with Gasteiger partial charge in [-0.05, 0) is 110 Å². The Morgan fingerprint density at radius 1 is 0.603 bits per heavy atom. The average Bonchev–Trinajstić information content (AvgIpc) is 3.25. The van der Waals surface area contributed by atoms with Crippen LogP contribution in [0.2, 0.25) is 0 Å². The lowest BCUT2D eigenvalue weighted by Gasteiger charge is -2.42. The van der Waals surface area contributed by atoms with E-state index in [4.69, 9.17) is 9.97 Å². The second-order valence-corrected chi connectivity index (χ2v) is 15.4. The van der Waals surface area contributed by atoms with Crippen LogP contribution >= 0.6 is 0 Å². The highest BCUT2D eigenvalue weighted by Gasteiger charge is 2.40. The van der Waals surface area contributed by atoms with E-state index < -0.39 is 12.1 Å². The number of nitrogens with one attached hydrogen (secondary N) is 2. The zero-order valence-corrected chi connectivity index (χ0v) is 33.0. The normalized spacial score (nSPS) is 20.7. The standard InChI is InChI=1S/C44H46N12O2/c1-27-8-13-37(41(57)53-32-11-9-28(2)35(20-32)39-45-14-5-15-46-39)55(25-27)44-51-23-31(24-52-44)34-22-38(56(26-30(34)4)43-49-18-7-19-50-43)42(58)54-33-12-10-29(3)36(21-33)40-47-16-6-17-48-40/h5-7,9-12,14-21,23-24,27,30,34,37-38H,8,13,22,25-26H2,1-4H3,(H,53,57)(H,54,58)/t27-,30-,34?,37-,38+/m1/s1. The molecule has 0 radical (unpaired) electrons. The van der Waals surface area contributed by atoms with Crippen molar-refractivity contribution < 1.29 is 9.59 Å². The maximum Gasteiger partial charge on any atom is 0.247 e. The van der Waals surface area contributed by atoms with Crippen molar-refractivity contribution in [3.05, 3.63) is 121 Å². The number of piperidine rings is 2. The van der Waals surface area contributed by atoms with Crippen molar-refractivity contribution in [2.45, 2.75) is 65.0 Å². The van der Waals surface area contributed by atoms with Gasteiger partial charge in [-0.3, -0.25) is 9.59 Å². The molecule has 0 saturated carbocycles. The summed E-state index contributed by atoms with van der Waals surface area (Å²) in [6.07, 6.45) is 16.0. The molecule has 1 unspecified atom stereocenters. The lowest BCUT2D eigenvalue weighted by molar-refractivity contribution is -0.118. The Kier molecular flexibility index (Phi) is 11.1. The van der Waals surface area contributed by atoms with Crippen LogP contribution in [0.15, 0.2) is 104 Å². The van der Waals surface area contributed by atoms with Crippen LogP contribution in [0.25, 0.3) is 22.8 Å². The van der Waals surface area contributed by atoms with E-state index in [0.29, 0.717) is 66.8 Å². The molecule has 2 aromatic carbocycles. The van der Waals surface area contributed by atoms with Gasteiger partial charge in [0.1, 0.15) is 12.1 Å². The van der Waals surface area contributed by atoms with Crippen LogP contribution in [0.5, 0.6) is 0 Å². The van der Waals surface area contributed by atoms with Crippen LogP contribution in [0.1, 0.15) is 55.7 Å². The van der Waals surface area contributed by atoms with Crippen LogP contribution in [-0.2, 0) is 9.59 Å². The summed E-state index contributed by atoms with van der Waals surface area (Å²) in [5.41, 5.74) is 6.00. The molecule has 8 rings (SSSR count). The minimum atomic E-state index is -0.576. The number of carbonyl (C=O) groups excluding carboxylic acids is 2. The van der Waals surface area contributed by atoms with Crippen molar-refractivity contribution in [1.82, 2.24) is 39.9 Å². The van der Waals surface area contributed by atoms with Crippen molar-refractivity contribution in [3.63, 3.8) is 0 Å². The molecule has 0 aliphatic carbocycles. The fraction of sp³-hybridized carbons (Fsp3) is 0.318. The van der Waals surface area contributed by atoms with E-state index in [2.05, 4.69) is 54.4 Å². The molecule has 2 aliphatic rings.